The van der Waals surface area contributed by atoms with Crippen molar-refractivity contribution in [3.63, 3.8) is 0 Å². The molecule has 1 aromatic carbocycles. The Bertz CT molecular complexity index is 582. The Labute approximate surface area is 145 Å². The first kappa shape index (κ1) is 18.7. The maximum absolute atomic E-state index is 5.87. The monoisotopic (exact) mass is 386 g/mol. The Kier molecular flexibility index (Phi) is 8.24. The van der Waals surface area contributed by atoms with E-state index in [1.807, 2.05) is 24.3 Å². The van der Waals surface area contributed by atoms with Crippen LogP contribution in [0.4, 0.5) is 0 Å². The highest BCUT2D eigenvalue weighted by Gasteiger charge is 2.12. The van der Waals surface area contributed by atoms with Gasteiger partial charge in [-0.2, -0.15) is 0 Å². The van der Waals surface area contributed by atoms with E-state index in [1.165, 1.54) is 0 Å². The second-order valence-electron chi connectivity index (χ2n) is 4.54. The van der Waals surface area contributed by atoms with E-state index in [0.29, 0.717) is 12.4 Å². The van der Waals surface area contributed by atoms with Gasteiger partial charge in [0.2, 0.25) is 0 Å². The van der Waals surface area contributed by atoms with E-state index in [9.17, 15) is 0 Å². The minimum atomic E-state index is 0. The summed E-state index contributed by atoms with van der Waals surface area (Å²) in [5, 5.41) is 3.29. The molecule has 0 aliphatic carbocycles. The number of nitrogens with one attached hydrogen (secondary N) is 1. The third-order valence-corrected chi connectivity index (χ3v) is 3.56. The lowest BCUT2D eigenvalue weighted by atomic mass is 10.2. The van der Waals surface area contributed by atoms with Gasteiger partial charge in [-0.05, 0) is 46.2 Å². The van der Waals surface area contributed by atoms with Crippen LogP contribution in [0, 0.1) is 0 Å². The molecule has 2 rings (SSSR count). The molecular formula is C16H20BrClN2O2. The topological polar surface area (TPSA) is 43.4 Å². The van der Waals surface area contributed by atoms with Crippen molar-refractivity contribution in [2.45, 2.75) is 20.1 Å². The van der Waals surface area contributed by atoms with Gasteiger partial charge in [0.1, 0.15) is 6.61 Å². The van der Waals surface area contributed by atoms with Crippen molar-refractivity contribution in [1.29, 1.82) is 0 Å². The normalized spacial score (nSPS) is 9.95. The molecule has 0 aliphatic rings. The summed E-state index contributed by atoms with van der Waals surface area (Å²) in [5.74, 6) is 1.43. The van der Waals surface area contributed by atoms with E-state index in [2.05, 4.69) is 33.2 Å². The number of hydrogen-bond acceptors (Lipinski definition) is 4. The molecular weight excluding hydrogens is 368 g/mol. The van der Waals surface area contributed by atoms with Gasteiger partial charge in [0.05, 0.1) is 11.6 Å². The smallest absolute Gasteiger partial charge is 0.175 e. The summed E-state index contributed by atoms with van der Waals surface area (Å²) in [5.41, 5.74) is 2.16. The Morgan fingerprint density at radius 2 is 2.09 bits per heavy atom. The van der Waals surface area contributed by atoms with Gasteiger partial charge >= 0.3 is 0 Å². The highest BCUT2D eigenvalue weighted by molar-refractivity contribution is 9.10. The van der Waals surface area contributed by atoms with Crippen molar-refractivity contribution in [3.8, 4) is 11.5 Å². The first-order valence-electron chi connectivity index (χ1n) is 6.83. The van der Waals surface area contributed by atoms with Gasteiger partial charge in [0, 0.05) is 24.5 Å². The fourth-order valence-electron chi connectivity index (χ4n) is 1.92. The third kappa shape index (κ3) is 5.16. The molecule has 22 heavy (non-hydrogen) atoms. The molecule has 0 bridgehead atoms. The van der Waals surface area contributed by atoms with Crippen LogP contribution in [0.15, 0.2) is 41.1 Å². The highest BCUT2D eigenvalue weighted by Crippen LogP contribution is 2.37. The van der Waals surface area contributed by atoms with Gasteiger partial charge in [-0.25, -0.2) is 0 Å². The Hall–Kier alpha value is -1.30. The zero-order valence-corrected chi connectivity index (χ0v) is 15.0. The number of methoxy groups -OCH3 is 1. The molecule has 0 saturated carbocycles. The van der Waals surface area contributed by atoms with Crippen LogP contribution in [0.5, 0.6) is 11.5 Å². The van der Waals surface area contributed by atoms with Crippen LogP contribution in [0.25, 0.3) is 0 Å². The Balaban J connectivity index is 0.00000242. The Morgan fingerprint density at radius 1 is 1.27 bits per heavy atom. The fourth-order valence-corrected chi connectivity index (χ4v) is 2.53. The highest BCUT2D eigenvalue weighted by atomic mass is 79.9. The van der Waals surface area contributed by atoms with Crippen molar-refractivity contribution in [2.24, 2.45) is 0 Å². The van der Waals surface area contributed by atoms with E-state index in [4.69, 9.17) is 9.47 Å². The van der Waals surface area contributed by atoms with E-state index in [1.54, 1.807) is 19.5 Å². The molecule has 0 aliphatic heterocycles. The maximum atomic E-state index is 5.87. The second-order valence-corrected chi connectivity index (χ2v) is 5.39. The fraction of sp³-hybridized carbons (Fsp3) is 0.312. The number of pyridine rings is 1. The Morgan fingerprint density at radius 3 is 2.73 bits per heavy atom. The molecule has 1 N–H and O–H groups in total. The summed E-state index contributed by atoms with van der Waals surface area (Å²) in [6.45, 7) is 4.26. The first-order valence-corrected chi connectivity index (χ1v) is 7.62. The van der Waals surface area contributed by atoms with Crippen molar-refractivity contribution in [1.82, 2.24) is 10.3 Å². The number of ether oxygens (including phenoxy) is 2. The standard InChI is InChI=1S/C16H19BrN2O2.ClH/c1-3-18-10-13-7-14(17)16(15(8-13)20-2)21-11-12-5-4-6-19-9-12;/h4-9,18H,3,10-11H2,1-2H3;1H. The predicted molar refractivity (Wildman–Crippen MR) is 93.9 cm³/mol. The molecule has 4 nitrogen and oxygen atoms in total. The van der Waals surface area contributed by atoms with Crippen molar-refractivity contribution in [2.75, 3.05) is 13.7 Å². The largest absolute Gasteiger partial charge is 0.493 e. The molecule has 0 amide bonds. The van der Waals surface area contributed by atoms with Gasteiger partial charge in [-0.3, -0.25) is 4.98 Å². The molecule has 1 heterocycles. The SMILES string of the molecule is CCNCc1cc(Br)c(OCc2cccnc2)c(OC)c1.Cl. The van der Waals surface area contributed by atoms with Crippen LogP contribution in [0.3, 0.4) is 0 Å². The number of nitrogens with zero attached hydrogens (tertiary/aromatic N) is 1. The zero-order chi connectivity index (χ0) is 15.1. The first-order chi connectivity index (χ1) is 10.2. The molecule has 0 unspecified atom stereocenters. The van der Waals surface area contributed by atoms with Crippen molar-refractivity contribution in [3.05, 3.63) is 52.3 Å². The summed E-state index contributed by atoms with van der Waals surface area (Å²) in [6.07, 6.45) is 3.54. The molecule has 2 aromatic rings. The van der Waals surface area contributed by atoms with Crippen molar-refractivity contribution >= 4 is 28.3 Å². The number of halogens is 2. The van der Waals surface area contributed by atoms with Gasteiger partial charge in [0.25, 0.3) is 0 Å². The number of aromatic nitrogens is 1. The summed E-state index contributed by atoms with van der Waals surface area (Å²) in [4.78, 5) is 4.08. The third-order valence-electron chi connectivity index (χ3n) is 2.97. The van der Waals surface area contributed by atoms with Gasteiger partial charge in [-0.15, -0.1) is 12.4 Å². The quantitative estimate of drug-likeness (QED) is 0.781. The molecule has 0 atom stereocenters. The van der Waals surface area contributed by atoms with Crippen LogP contribution in [-0.2, 0) is 13.2 Å². The minimum Gasteiger partial charge on any atom is -0.493 e. The molecule has 0 saturated heterocycles. The summed E-state index contributed by atoms with van der Waals surface area (Å²) in [6, 6.07) is 7.91. The van der Waals surface area contributed by atoms with Gasteiger partial charge in [0.15, 0.2) is 11.5 Å². The molecule has 120 valence electrons. The number of benzene rings is 1. The second kappa shape index (κ2) is 9.66. The van der Waals surface area contributed by atoms with E-state index >= 15 is 0 Å². The predicted octanol–water partition coefficient (Wildman–Crippen LogP) is 3.96. The molecule has 0 fully saturated rings. The molecule has 6 heteroatoms. The maximum Gasteiger partial charge on any atom is 0.175 e. The van der Waals surface area contributed by atoms with E-state index < -0.39 is 0 Å². The number of hydrogen-bond donors (Lipinski definition) is 1. The molecule has 1 aromatic heterocycles. The molecule has 0 radical (unpaired) electrons. The van der Waals surface area contributed by atoms with Crippen LogP contribution in [0.2, 0.25) is 0 Å². The average Bonchev–Trinajstić information content (AvgIpc) is 2.52. The average molecular weight is 388 g/mol. The lowest BCUT2D eigenvalue weighted by Crippen LogP contribution is -2.12. The lowest BCUT2D eigenvalue weighted by Gasteiger charge is -2.14. The van der Waals surface area contributed by atoms with Crippen LogP contribution < -0.4 is 14.8 Å². The van der Waals surface area contributed by atoms with Crippen LogP contribution in [0.1, 0.15) is 18.1 Å². The van der Waals surface area contributed by atoms with Crippen LogP contribution >= 0.6 is 28.3 Å². The lowest BCUT2D eigenvalue weighted by molar-refractivity contribution is 0.282. The van der Waals surface area contributed by atoms with Crippen LogP contribution in [-0.4, -0.2) is 18.6 Å². The van der Waals surface area contributed by atoms with Crippen molar-refractivity contribution < 1.29 is 9.47 Å². The minimum absolute atomic E-state index is 0. The van der Waals surface area contributed by atoms with E-state index in [-0.39, 0.29) is 12.4 Å². The zero-order valence-electron chi connectivity index (χ0n) is 12.6. The summed E-state index contributed by atoms with van der Waals surface area (Å²) in [7, 11) is 1.65. The number of rotatable bonds is 7. The van der Waals surface area contributed by atoms with E-state index in [0.717, 1.165) is 34.4 Å². The summed E-state index contributed by atoms with van der Waals surface area (Å²) >= 11 is 3.56. The molecule has 0 spiro atoms. The van der Waals surface area contributed by atoms with Gasteiger partial charge in [-0.1, -0.05) is 13.0 Å². The van der Waals surface area contributed by atoms with Gasteiger partial charge < -0.3 is 14.8 Å². The summed E-state index contributed by atoms with van der Waals surface area (Å²) < 4.78 is 12.2.